The third-order valence-corrected chi connectivity index (χ3v) is 3.20. The summed E-state index contributed by atoms with van der Waals surface area (Å²) in [6.07, 6.45) is 1.99. The highest BCUT2D eigenvalue weighted by molar-refractivity contribution is 7.87. The van der Waals surface area contributed by atoms with E-state index in [1.54, 1.807) is 13.8 Å². The van der Waals surface area contributed by atoms with Crippen molar-refractivity contribution in [2.75, 3.05) is 6.61 Å². The van der Waals surface area contributed by atoms with Crippen LogP contribution >= 0.6 is 0 Å². The van der Waals surface area contributed by atoms with E-state index in [0.29, 0.717) is 6.42 Å². The lowest BCUT2D eigenvalue weighted by atomic mass is 10.4. The van der Waals surface area contributed by atoms with Gasteiger partial charge in [0.2, 0.25) is 0 Å². The number of hydrogen-bond acceptors (Lipinski definition) is 3. The second kappa shape index (κ2) is 4.51. The van der Waals surface area contributed by atoms with E-state index in [4.69, 9.17) is 0 Å². The Balaban J connectivity index is 4.11. The molecule has 11 heavy (non-hydrogen) atoms. The second-order valence-corrected chi connectivity index (χ2v) is 4.31. The Morgan fingerprint density at radius 2 is 2.18 bits per heavy atom. The summed E-state index contributed by atoms with van der Waals surface area (Å²) in [6.45, 7) is 6.85. The molecular formula is C7H14O3S. The third-order valence-electron chi connectivity index (χ3n) is 1.42. The molecule has 0 N–H and O–H groups in total. The Bertz CT molecular complexity index is 206. The van der Waals surface area contributed by atoms with Gasteiger partial charge in [0.25, 0.3) is 10.1 Å². The van der Waals surface area contributed by atoms with Crippen LogP contribution < -0.4 is 0 Å². The molecule has 0 bridgehead atoms. The topological polar surface area (TPSA) is 43.4 Å². The van der Waals surface area contributed by atoms with Gasteiger partial charge in [-0.15, -0.1) is 6.58 Å². The minimum Gasteiger partial charge on any atom is -0.266 e. The molecule has 0 spiro atoms. The van der Waals surface area contributed by atoms with E-state index in [1.165, 1.54) is 6.08 Å². The molecule has 0 amide bonds. The summed E-state index contributed by atoms with van der Waals surface area (Å²) in [5.41, 5.74) is 0. The highest BCUT2D eigenvalue weighted by Gasteiger charge is 2.18. The van der Waals surface area contributed by atoms with Crippen molar-refractivity contribution in [1.29, 1.82) is 0 Å². The van der Waals surface area contributed by atoms with E-state index in [1.807, 2.05) is 0 Å². The molecule has 0 aromatic carbocycles. The van der Waals surface area contributed by atoms with Crippen molar-refractivity contribution in [2.45, 2.75) is 25.5 Å². The van der Waals surface area contributed by atoms with Crippen molar-refractivity contribution >= 4 is 10.1 Å². The average molecular weight is 178 g/mol. The van der Waals surface area contributed by atoms with E-state index < -0.39 is 15.4 Å². The minimum atomic E-state index is -3.34. The molecule has 0 fully saturated rings. The molecular weight excluding hydrogens is 164 g/mol. The lowest BCUT2D eigenvalue weighted by Crippen LogP contribution is -2.19. The Morgan fingerprint density at radius 3 is 2.55 bits per heavy atom. The third kappa shape index (κ3) is 3.53. The van der Waals surface area contributed by atoms with Gasteiger partial charge in [0.05, 0.1) is 11.9 Å². The summed E-state index contributed by atoms with van der Waals surface area (Å²) < 4.78 is 26.7. The maximum atomic E-state index is 11.1. The van der Waals surface area contributed by atoms with Crippen LogP contribution in [0.15, 0.2) is 12.7 Å². The first-order valence-corrected chi connectivity index (χ1v) is 5.00. The molecule has 4 heteroatoms. The highest BCUT2D eigenvalue weighted by Crippen LogP contribution is 2.06. The van der Waals surface area contributed by atoms with Crippen LogP contribution in [-0.4, -0.2) is 20.3 Å². The highest BCUT2D eigenvalue weighted by atomic mass is 32.2. The van der Waals surface area contributed by atoms with Gasteiger partial charge in [-0.25, -0.2) is 0 Å². The predicted octanol–water partition coefficient (Wildman–Crippen LogP) is 1.32. The standard InChI is InChI=1S/C7H14O3S/c1-4-6-10-11(8,9)7(3)5-2/h4,7H,1,5-6H2,2-3H3. The van der Waals surface area contributed by atoms with Crippen LogP contribution in [0.3, 0.4) is 0 Å². The molecule has 3 nitrogen and oxygen atoms in total. The predicted molar refractivity (Wildman–Crippen MR) is 44.8 cm³/mol. The largest absolute Gasteiger partial charge is 0.270 e. The number of hydrogen-bond donors (Lipinski definition) is 0. The summed E-state index contributed by atoms with van der Waals surface area (Å²) in [5.74, 6) is 0. The molecule has 0 aromatic heterocycles. The summed E-state index contributed by atoms with van der Waals surface area (Å²) in [4.78, 5) is 0. The summed E-state index contributed by atoms with van der Waals surface area (Å²) in [6, 6.07) is 0. The van der Waals surface area contributed by atoms with Crippen molar-refractivity contribution in [2.24, 2.45) is 0 Å². The van der Waals surface area contributed by atoms with Crippen LogP contribution in [0.5, 0.6) is 0 Å². The Labute approximate surface area is 68.2 Å². The van der Waals surface area contributed by atoms with Crippen molar-refractivity contribution in [3.8, 4) is 0 Å². The van der Waals surface area contributed by atoms with E-state index in [9.17, 15) is 8.42 Å². The molecule has 1 atom stereocenters. The first kappa shape index (κ1) is 10.7. The molecule has 0 aliphatic rings. The fourth-order valence-corrected chi connectivity index (χ4v) is 1.39. The monoisotopic (exact) mass is 178 g/mol. The van der Waals surface area contributed by atoms with Crippen molar-refractivity contribution in [1.82, 2.24) is 0 Å². The van der Waals surface area contributed by atoms with Crippen molar-refractivity contribution in [3.63, 3.8) is 0 Å². The molecule has 0 aliphatic heterocycles. The molecule has 0 aromatic rings. The Morgan fingerprint density at radius 1 is 1.64 bits per heavy atom. The molecule has 0 radical (unpaired) electrons. The van der Waals surface area contributed by atoms with E-state index in [0.717, 1.165) is 0 Å². The summed E-state index contributed by atoms with van der Waals surface area (Å²) in [5, 5.41) is -0.428. The molecule has 1 unspecified atom stereocenters. The molecule has 0 aliphatic carbocycles. The molecule has 66 valence electrons. The van der Waals surface area contributed by atoms with Crippen LogP contribution in [0.1, 0.15) is 20.3 Å². The number of rotatable bonds is 5. The fraction of sp³-hybridized carbons (Fsp3) is 0.714. The molecule has 0 saturated heterocycles. The molecule has 0 heterocycles. The van der Waals surface area contributed by atoms with Crippen molar-refractivity contribution in [3.05, 3.63) is 12.7 Å². The summed E-state index contributed by atoms with van der Waals surface area (Å²) in [7, 11) is -3.34. The van der Waals surface area contributed by atoms with Crippen molar-refractivity contribution < 1.29 is 12.6 Å². The first-order valence-electron chi connectivity index (χ1n) is 3.53. The second-order valence-electron chi connectivity index (χ2n) is 2.28. The quantitative estimate of drug-likeness (QED) is 0.471. The maximum absolute atomic E-state index is 11.1. The summed E-state index contributed by atoms with van der Waals surface area (Å²) >= 11 is 0. The lowest BCUT2D eigenvalue weighted by molar-refractivity contribution is 0.349. The zero-order valence-corrected chi connectivity index (χ0v) is 7.73. The van der Waals surface area contributed by atoms with Crippen LogP contribution in [0.2, 0.25) is 0 Å². The molecule has 0 saturated carbocycles. The normalized spacial score (nSPS) is 14.4. The van der Waals surface area contributed by atoms with Crippen LogP contribution in [0.25, 0.3) is 0 Å². The Hall–Kier alpha value is -0.350. The van der Waals surface area contributed by atoms with Gasteiger partial charge in [-0.3, -0.25) is 4.18 Å². The Kier molecular flexibility index (Phi) is 4.37. The zero-order valence-electron chi connectivity index (χ0n) is 6.91. The smallest absolute Gasteiger partial charge is 0.266 e. The minimum absolute atomic E-state index is 0.0622. The van der Waals surface area contributed by atoms with Crippen LogP contribution in [0, 0.1) is 0 Å². The van der Waals surface area contributed by atoms with Gasteiger partial charge in [-0.05, 0) is 13.3 Å². The van der Waals surface area contributed by atoms with Gasteiger partial charge in [0.1, 0.15) is 0 Å². The lowest BCUT2D eigenvalue weighted by Gasteiger charge is -2.08. The van der Waals surface area contributed by atoms with Gasteiger partial charge in [0.15, 0.2) is 0 Å². The van der Waals surface area contributed by atoms with Gasteiger partial charge in [-0.1, -0.05) is 13.0 Å². The average Bonchev–Trinajstić information content (AvgIpc) is 1.99. The molecule has 0 rings (SSSR count). The van der Waals surface area contributed by atoms with E-state index in [2.05, 4.69) is 10.8 Å². The van der Waals surface area contributed by atoms with Crippen LogP contribution in [0.4, 0.5) is 0 Å². The SMILES string of the molecule is C=CCOS(=O)(=O)C(C)CC. The van der Waals surface area contributed by atoms with Gasteiger partial charge in [0, 0.05) is 0 Å². The van der Waals surface area contributed by atoms with Gasteiger partial charge >= 0.3 is 0 Å². The zero-order chi connectivity index (χ0) is 8.91. The van der Waals surface area contributed by atoms with Gasteiger partial charge in [-0.2, -0.15) is 8.42 Å². The van der Waals surface area contributed by atoms with Gasteiger partial charge < -0.3 is 0 Å². The first-order chi connectivity index (χ1) is 5.04. The van der Waals surface area contributed by atoms with E-state index in [-0.39, 0.29) is 6.61 Å². The fourth-order valence-electron chi connectivity index (χ4n) is 0.463. The maximum Gasteiger partial charge on any atom is 0.270 e. The van der Waals surface area contributed by atoms with E-state index >= 15 is 0 Å². The van der Waals surface area contributed by atoms with Crippen LogP contribution in [-0.2, 0) is 14.3 Å².